The Morgan fingerprint density at radius 3 is 2.33 bits per heavy atom. The normalized spacial score (nSPS) is 11.7. The van der Waals surface area contributed by atoms with Crippen molar-refractivity contribution < 1.29 is 27.8 Å². The molecule has 1 atom stereocenters. The molecular formula is C22H17F2NO4S. The second kappa shape index (κ2) is 9.98. The van der Waals surface area contributed by atoms with Crippen LogP contribution >= 0.6 is 11.8 Å². The van der Waals surface area contributed by atoms with Crippen LogP contribution in [-0.2, 0) is 4.74 Å². The Morgan fingerprint density at radius 1 is 0.967 bits per heavy atom. The Morgan fingerprint density at radius 2 is 1.67 bits per heavy atom. The molecule has 0 aliphatic heterocycles. The van der Waals surface area contributed by atoms with Gasteiger partial charge >= 0.3 is 12.6 Å². The van der Waals surface area contributed by atoms with Gasteiger partial charge in [0.2, 0.25) is 5.78 Å². The molecule has 0 bridgehead atoms. The van der Waals surface area contributed by atoms with Gasteiger partial charge in [-0.15, -0.1) is 0 Å². The molecule has 1 heterocycles. The van der Waals surface area contributed by atoms with Gasteiger partial charge in [0.1, 0.15) is 10.8 Å². The molecule has 0 spiro atoms. The first-order chi connectivity index (χ1) is 14.4. The van der Waals surface area contributed by atoms with E-state index < -0.39 is 24.5 Å². The number of alkyl halides is 2. The lowest BCUT2D eigenvalue weighted by atomic mass is 10.1. The van der Waals surface area contributed by atoms with E-state index in [0.717, 1.165) is 4.90 Å². The number of rotatable bonds is 8. The number of hydrogen-bond acceptors (Lipinski definition) is 6. The van der Waals surface area contributed by atoms with Gasteiger partial charge in [0.05, 0.1) is 5.56 Å². The highest BCUT2D eigenvalue weighted by Crippen LogP contribution is 2.29. The van der Waals surface area contributed by atoms with E-state index in [2.05, 4.69) is 9.72 Å². The zero-order chi connectivity index (χ0) is 21.5. The average Bonchev–Trinajstić information content (AvgIpc) is 2.74. The van der Waals surface area contributed by atoms with Crippen molar-refractivity contribution in [3.63, 3.8) is 0 Å². The number of hydrogen-bond donors (Lipinski definition) is 0. The molecular weight excluding hydrogens is 412 g/mol. The molecule has 0 aliphatic rings. The molecule has 1 aromatic heterocycles. The van der Waals surface area contributed by atoms with Gasteiger partial charge in [0, 0.05) is 16.7 Å². The van der Waals surface area contributed by atoms with Crippen molar-refractivity contribution in [2.75, 3.05) is 0 Å². The maximum absolute atomic E-state index is 12.6. The van der Waals surface area contributed by atoms with Gasteiger partial charge < -0.3 is 9.47 Å². The van der Waals surface area contributed by atoms with E-state index in [1.54, 1.807) is 18.3 Å². The minimum absolute atomic E-state index is 0.0656. The molecule has 0 aliphatic carbocycles. The zero-order valence-electron chi connectivity index (χ0n) is 15.8. The summed E-state index contributed by atoms with van der Waals surface area (Å²) in [7, 11) is 0. The molecule has 5 nitrogen and oxygen atoms in total. The Hall–Kier alpha value is -3.26. The van der Waals surface area contributed by atoms with Crippen LogP contribution in [0, 0.1) is 0 Å². The number of benzene rings is 2. The monoisotopic (exact) mass is 429 g/mol. The van der Waals surface area contributed by atoms with Crippen molar-refractivity contribution in [1.29, 1.82) is 0 Å². The summed E-state index contributed by atoms with van der Waals surface area (Å²) in [6.45, 7) is -1.50. The lowest BCUT2D eigenvalue weighted by molar-refractivity contribution is -0.0498. The van der Waals surface area contributed by atoms with Crippen molar-refractivity contribution >= 4 is 23.5 Å². The number of ether oxygens (including phenoxy) is 2. The minimum Gasteiger partial charge on any atom is -0.451 e. The number of Topliss-reactive ketones (excluding diaryl/α,β-unsaturated/α-hetero) is 1. The molecule has 2 aromatic carbocycles. The highest BCUT2D eigenvalue weighted by atomic mass is 32.2. The highest BCUT2D eigenvalue weighted by Gasteiger charge is 2.23. The fourth-order valence-electron chi connectivity index (χ4n) is 2.54. The summed E-state index contributed by atoms with van der Waals surface area (Å²) in [5, 5.41) is 0.460. The predicted molar refractivity (Wildman–Crippen MR) is 107 cm³/mol. The molecule has 0 N–H and O–H groups in total. The summed E-state index contributed by atoms with van der Waals surface area (Å²) in [5.74, 6) is -1.21. The molecule has 0 saturated heterocycles. The number of carbonyl (C=O) groups is 2. The second-order valence-corrected chi connectivity index (χ2v) is 7.15. The van der Waals surface area contributed by atoms with Crippen LogP contribution in [0.25, 0.3) is 0 Å². The predicted octanol–water partition coefficient (Wildman–Crippen LogP) is 5.26. The maximum Gasteiger partial charge on any atom is 0.387 e. The number of nitrogens with zero attached hydrogens (tertiary/aromatic N) is 1. The smallest absolute Gasteiger partial charge is 0.387 e. The van der Waals surface area contributed by atoms with Crippen molar-refractivity contribution in [2.24, 2.45) is 0 Å². The van der Waals surface area contributed by atoms with E-state index in [9.17, 15) is 18.4 Å². The van der Waals surface area contributed by atoms with E-state index in [1.165, 1.54) is 43.0 Å². The third kappa shape index (κ3) is 5.64. The standard InChI is InChI=1S/C22H17F2NO4S/c1-14(19(26)15-9-11-16(12-10-15)29-22(23)24)28-21(27)18-8-5-13-25-20(18)30-17-6-3-2-4-7-17/h2-14,22H,1H3. The quantitative estimate of drug-likeness (QED) is 0.359. The van der Waals surface area contributed by atoms with Crippen LogP contribution in [0.2, 0.25) is 0 Å². The summed E-state index contributed by atoms with van der Waals surface area (Å²) >= 11 is 1.31. The number of aromatic nitrogens is 1. The molecule has 30 heavy (non-hydrogen) atoms. The van der Waals surface area contributed by atoms with Gasteiger partial charge in [-0.25, -0.2) is 9.78 Å². The van der Waals surface area contributed by atoms with Crippen molar-refractivity contribution in [3.8, 4) is 5.75 Å². The highest BCUT2D eigenvalue weighted by molar-refractivity contribution is 7.99. The molecule has 3 rings (SSSR count). The van der Waals surface area contributed by atoms with Crippen LogP contribution in [0.4, 0.5) is 8.78 Å². The molecule has 0 amide bonds. The molecule has 1 unspecified atom stereocenters. The van der Waals surface area contributed by atoms with Crippen molar-refractivity contribution in [3.05, 3.63) is 84.1 Å². The summed E-state index contributed by atoms with van der Waals surface area (Å²) in [6, 6.07) is 17.8. The van der Waals surface area contributed by atoms with Crippen LogP contribution in [0.1, 0.15) is 27.6 Å². The van der Waals surface area contributed by atoms with Gasteiger partial charge in [-0.2, -0.15) is 8.78 Å². The largest absolute Gasteiger partial charge is 0.451 e. The third-order valence-electron chi connectivity index (χ3n) is 3.97. The first-order valence-electron chi connectivity index (χ1n) is 8.92. The summed E-state index contributed by atoms with van der Waals surface area (Å²) < 4.78 is 34.0. The van der Waals surface area contributed by atoms with Crippen LogP contribution < -0.4 is 4.74 Å². The first kappa shape index (κ1) is 21.4. The van der Waals surface area contributed by atoms with Gasteiger partial charge in [0.15, 0.2) is 6.10 Å². The van der Waals surface area contributed by atoms with E-state index in [0.29, 0.717) is 5.03 Å². The Balaban J connectivity index is 1.69. The molecule has 8 heteroatoms. The molecule has 0 fully saturated rings. The van der Waals surface area contributed by atoms with Crippen LogP contribution in [0.5, 0.6) is 5.75 Å². The van der Waals surface area contributed by atoms with Crippen LogP contribution in [-0.4, -0.2) is 29.5 Å². The Kier molecular flexibility index (Phi) is 7.13. The minimum atomic E-state index is -2.95. The Labute approximate surface area is 176 Å². The zero-order valence-corrected chi connectivity index (χ0v) is 16.6. The third-order valence-corrected chi connectivity index (χ3v) is 4.99. The van der Waals surface area contributed by atoms with Gasteiger partial charge in [-0.3, -0.25) is 4.79 Å². The number of ketones is 1. The van der Waals surface area contributed by atoms with Crippen LogP contribution in [0.15, 0.2) is 82.8 Å². The lowest BCUT2D eigenvalue weighted by Crippen LogP contribution is -2.24. The molecule has 0 saturated carbocycles. The summed E-state index contributed by atoms with van der Waals surface area (Å²) in [6.07, 6.45) is 0.494. The average molecular weight is 429 g/mol. The Bertz CT molecular complexity index is 1010. The van der Waals surface area contributed by atoms with E-state index >= 15 is 0 Å². The fraction of sp³-hybridized carbons (Fsp3) is 0.136. The number of esters is 1. The van der Waals surface area contributed by atoms with Crippen LogP contribution in [0.3, 0.4) is 0 Å². The maximum atomic E-state index is 12.6. The molecule has 3 aromatic rings. The van der Waals surface area contributed by atoms with Crippen molar-refractivity contribution in [1.82, 2.24) is 4.98 Å². The summed E-state index contributed by atoms with van der Waals surface area (Å²) in [4.78, 5) is 30.3. The van der Waals surface area contributed by atoms with E-state index in [-0.39, 0.29) is 16.9 Å². The topological polar surface area (TPSA) is 65.5 Å². The van der Waals surface area contributed by atoms with E-state index in [1.807, 2.05) is 30.3 Å². The number of halogens is 2. The number of pyridine rings is 1. The second-order valence-electron chi connectivity index (χ2n) is 6.09. The first-order valence-corrected chi connectivity index (χ1v) is 9.73. The number of carbonyl (C=O) groups excluding carboxylic acids is 2. The summed E-state index contributed by atoms with van der Waals surface area (Å²) in [5.41, 5.74) is 0.452. The molecule has 154 valence electrons. The van der Waals surface area contributed by atoms with Gasteiger partial charge in [-0.05, 0) is 55.5 Å². The van der Waals surface area contributed by atoms with Gasteiger partial charge in [0.25, 0.3) is 0 Å². The fourth-order valence-corrected chi connectivity index (χ4v) is 3.43. The van der Waals surface area contributed by atoms with Gasteiger partial charge in [-0.1, -0.05) is 30.0 Å². The van der Waals surface area contributed by atoms with Crippen molar-refractivity contribution in [2.45, 2.75) is 29.6 Å². The molecule has 0 radical (unpaired) electrons. The SMILES string of the molecule is CC(OC(=O)c1cccnc1Sc1ccccc1)C(=O)c1ccc(OC(F)F)cc1. The van der Waals surface area contributed by atoms with E-state index in [4.69, 9.17) is 4.74 Å². The lowest BCUT2D eigenvalue weighted by Gasteiger charge is -2.14.